The number of halogens is 1. The first-order valence-corrected chi connectivity index (χ1v) is 8.47. The van der Waals surface area contributed by atoms with Crippen LogP contribution in [0.1, 0.15) is 19.4 Å². The molecule has 0 spiro atoms. The summed E-state index contributed by atoms with van der Waals surface area (Å²) in [4.78, 5) is 5.35. The Balaban J connectivity index is 1.97. The van der Waals surface area contributed by atoms with Gasteiger partial charge in [0, 0.05) is 15.9 Å². The molecule has 0 atom stereocenters. The van der Waals surface area contributed by atoms with Gasteiger partial charge in [-0.15, -0.1) is 0 Å². The van der Waals surface area contributed by atoms with E-state index in [9.17, 15) is 0 Å². The van der Waals surface area contributed by atoms with Crippen LogP contribution in [0.15, 0.2) is 38.2 Å². The fourth-order valence-electron chi connectivity index (χ4n) is 1.54. The maximum Gasteiger partial charge on any atom is 0.174 e. The van der Waals surface area contributed by atoms with Crippen molar-refractivity contribution in [1.29, 1.82) is 0 Å². The molecule has 3 nitrogen and oxygen atoms in total. The normalized spacial score (nSPS) is 11.2. The van der Waals surface area contributed by atoms with Gasteiger partial charge in [-0.05, 0) is 57.6 Å². The first kappa shape index (κ1) is 15.0. The first-order valence-electron chi connectivity index (χ1n) is 6.09. The van der Waals surface area contributed by atoms with E-state index in [1.165, 1.54) is 22.0 Å². The summed E-state index contributed by atoms with van der Waals surface area (Å²) in [5.74, 6) is 0.677. The number of aromatic nitrogens is 2. The van der Waals surface area contributed by atoms with Crippen LogP contribution in [0.4, 0.5) is 0 Å². The van der Waals surface area contributed by atoms with Crippen LogP contribution in [-0.4, -0.2) is 15.9 Å². The van der Waals surface area contributed by atoms with Crippen LogP contribution in [0, 0.1) is 5.92 Å². The average molecular weight is 358 g/mol. The molecule has 1 aromatic heterocycles. The Morgan fingerprint density at radius 2 is 2.26 bits per heavy atom. The summed E-state index contributed by atoms with van der Waals surface area (Å²) in [5.41, 5.74) is 1.29. The first-order chi connectivity index (χ1) is 9.15. The zero-order chi connectivity index (χ0) is 13.7. The summed E-state index contributed by atoms with van der Waals surface area (Å²) in [6, 6.07) is 6.45. The molecule has 0 unspecified atom stereocenters. The summed E-state index contributed by atoms with van der Waals surface area (Å²) >= 11 is 6.67. The van der Waals surface area contributed by atoms with Crippen molar-refractivity contribution in [3.05, 3.63) is 34.6 Å². The quantitative estimate of drug-likeness (QED) is 0.840. The van der Waals surface area contributed by atoms with Gasteiger partial charge in [0.05, 0.1) is 0 Å². The molecule has 0 aliphatic heterocycles. The minimum Gasteiger partial charge on any atom is -0.312 e. The van der Waals surface area contributed by atoms with Crippen molar-refractivity contribution >= 4 is 39.2 Å². The third-order valence-electron chi connectivity index (χ3n) is 2.42. The van der Waals surface area contributed by atoms with Gasteiger partial charge in [-0.25, -0.2) is 4.98 Å². The molecule has 0 fully saturated rings. The van der Waals surface area contributed by atoms with Crippen molar-refractivity contribution in [3.8, 4) is 0 Å². The fraction of sp³-hybridized carbons (Fsp3) is 0.385. The Bertz CT molecular complexity index is 515. The standard InChI is InChI=1S/C13H16BrN3S2/c1-9(2)6-15-7-10-3-4-12(11(14)5-10)18-13-16-8-17-19-13/h3-5,8-9,15H,6-7H2,1-2H3. The van der Waals surface area contributed by atoms with E-state index in [4.69, 9.17) is 0 Å². The predicted octanol–water partition coefficient (Wildman–Crippen LogP) is 4.20. The Morgan fingerprint density at radius 1 is 1.42 bits per heavy atom. The van der Waals surface area contributed by atoms with Crippen molar-refractivity contribution < 1.29 is 0 Å². The summed E-state index contributed by atoms with van der Waals surface area (Å²) in [5, 5.41) is 3.45. The number of rotatable bonds is 6. The molecule has 2 aromatic rings. The lowest BCUT2D eigenvalue weighted by molar-refractivity contribution is 0.552. The summed E-state index contributed by atoms with van der Waals surface area (Å²) in [6.45, 7) is 6.37. The van der Waals surface area contributed by atoms with E-state index >= 15 is 0 Å². The van der Waals surface area contributed by atoms with E-state index in [-0.39, 0.29) is 0 Å². The highest BCUT2D eigenvalue weighted by atomic mass is 79.9. The molecule has 2 rings (SSSR count). The maximum absolute atomic E-state index is 4.18. The highest BCUT2D eigenvalue weighted by molar-refractivity contribution is 9.10. The van der Waals surface area contributed by atoms with E-state index in [0.29, 0.717) is 5.92 Å². The molecule has 102 valence electrons. The van der Waals surface area contributed by atoms with Crippen molar-refractivity contribution in [2.24, 2.45) is 5.92 Å². The number of hydrogen-bond donors (Lipinski definition) is 1. The van der Waals surface area contributed by atoms with Crippen molar-refractivity contribution in [1.82, 2.24) is 14.7 Å². The van der Waals surface area contributed by atoms with Crippen LogP contribution in [0.25, 0.3) is 0 Å². The molecule has 0 radical (unpaired) electrons. The molecular formula is C13H16BrN3S2. The van der Waals surface area contributed by atoms with Crippen molar-refractivity contribution in [2.75, 3.05) is 6.54 Å². The molecule has 0 amide bonds. The smallest absolute Gasteiger partial charge is 0.174 e. The number of nitrogens with one attached hydrogen (secondary N) is 1. The van der Waals surface area contributed by atoms with E-state index in [1.807, 2.05) is 0 Å². The lowest BCUT2D eigenvalue weighted by Crippen LogP contribution is -2.18. The molecule has 19 heavy (non-hydrogen) atoms. The van der Waals surface area contributed by atoms with E-state index in [1.54, 1.807) is 18.1 Å². The minimum absolute atomic E-state index is 0.677. The van der Waals surface area contributed by atoms with Crippen LogP contribution >= 0.6 is 39.2 Å². The van der Waals surface area contributed by atoms with Crippen LogP contribution in [0.3, 0.4) is 0 Å². The zero-order valence-electron chi connectivity index (χ0n) is 10.9. The monoisotopic (exact) mass is 357 g/mol. The van der Waals surface area contributed by atoms with Gasteiger partial charge < -0.3 is 5.32 Å². The minimum atomic E-state index is 0.677. The highest BCUT2D eigenvalue weighted by Crippen LogP contribution is 2.34. The Morgan fingerprint density at radius 3 is 2.89 bits per heavy atom. The second-order valence-corrected chi connectivity index (χ2v) is 7.52. The lowest BCUT2D eigenvalue weighted by atomic mass is 10.2. The molecule has 1 heterocycles. The fourth-order valence-corrected chi connectivity index (χ4v) is 3.62. The van der Waals surface area contributed by atoms with Crippen LogP contribution in [-0.2, 0) is 6.54 Å². The van der Waals surface area contributed by atoms with Gasteiger partial charge in [0.15, 0.2) is 4.34 Å². The topological polar surface area (TPSA) is 37.8 Å². The molecule has 0 saturated heterocycles. The van der Waals surface area contributed by atoms with Crippen molar-refractivity contribution in [2.45, 2.75) is 29.6 Å². The largest absolute Gasteiger partial charge is 0.312 e. The van der Waals surface area contributed by atoms with Gasteiger partial charge in [-0.1, -0.05) is 31.7 Å². The molecule has 0 saturated carbocycles. The molecule has 1 aromatic carbocycles. The molecule has 6 heteroatoms. The lowest BCUT2D eigenvalue weighted by Gasteiger charge is -2.09. The van der Waals surface area contributed by atoms with Gasteiger partial charge in [0.25, 0.3) is 0 Å². The summed E-state index contributed by atoms with van der Waals surface area (Å²) < 4.78 is 6.08. The van der Waals surface area contributed by atoms with Gasteiger partial charge in [-0.2, -0.15) is 4.37 Å². The molecular weight excluding hydrogens is 342 g/mol. The van der Waals surface area contributed by atoms with E-state index in [0.717, 1.165) is 21.9 Å². The van der Waals surface area contributed by atoms with E-state index in [2.05, 4.69) is 62.7 Å². The molecule has 0 bridgehead atoms. The van der Waals surface area contributed by atoms with Crippen molar-refractivity contribution in [3.63, 3.8) is 0 Å². The summed E-state index contributed by atoms with van der Waals surface area (Å²) in [7, 11) is 0. The Hall–Kier alpha value is -0.430. The number of hydrogen-bond acceptors (Lipinski definition) is 5. The predicted molar refractivity (Wildman–Crippen MR) is 84.7 cm³/mol. The Labute approximate surface area is 130 Å². The maximum atomic E-state index is 4.18. The zero-order valence-corrected chi connectivity index (χ0v) is 14.1. The second-order valence-electron chi connectivity index (χ2n) is 4.60. The van der Waals surface area contributed by atoms with Gasteiger partial charge in [0.1, 0.15) is 6.33 Å². The average Bonchev–Trinajstić information content (AvgIpc) is 2.85. The highest BCUT2D eigenvalue weighted by Gasteiger charge is 2.06. The van der Waals surface area contributed by atoms with Gasteiger partial charge >= 0.3 is 0 Å². The van der Waals surface area contributed by atoms with Gasteiger partial charge in [-0.3, -0.25) is 0 Å². The Kier molecular flexibility index (Phi) is 5.81. The number of nitrogens with zero attached hydrogens (tertiary/aromatic N) is 2. The van der Waals surface area contributed by atoms with Crippen LogP contribution < -0.4 is 5.32 Å². The van der Waals surface area contributed by atoms with Gasteiger partial charge in [0.2, 0.25) is 0 Å². The van der Waals surface area contributed by atoms with Crippen LogP contribution in [0.5, 0.6) is 0 Å². The second kappa shape index (κ2) is 7.38. The molecule has 1 N–H and O–H groups in total. The molecule has 0 aliphatic carbocycles. The summed E-state index contributed by atoms with van der Waals surface area (Å²) in [6.07, 6.45) is 1.59. The number of benzene rings is 1. The third kappa shape index (κ3) is 4.87. The third-order valence-corrected chi connectivity index (χ3v) is 5.13. The SMILES string of the molecule is CC(C)CNCc1ccc(Sc2ncns2)c(Br)c1. The molecule has 0 aliphatic rings. The van der Waals surface area contributed by atoms with E-state index < -0.39 is 0 Å². The van der Waals surface area contributed by atoms with Crippen LogP contribution in [0.2, 0.25) is 0 Å².